The molecule has 1 rings (SSSR count). The largest absolute Gasteiger partial charge is 0.487 e. The van der Waals surface area contributed by atoms with Crippen LogP contribution < -0.4 is 10.1 Å². The molecule has 0 spiro atoms. The fourth-order valence-corrected chi connectivity index (χ4v) is 2.92. The molecule has 0 saturated heterocycles. The average Bonchev–Trinajstić information content (AvgIpc) is 2.74. The second-order valence-electron chi connectivity index (χ2n) is 3.69. The molecule has 1 atom stereocenters. The monoisotopic (exact) mass is 259 g/mol. The quantitative estimate of drug-likeness (QED) is 0.723. The maximum absolute atomic E-state index is 5.17. The van der Waals surface area contributed by atoms with Gasteiger partial charge in [-0.2, -0.15) is 11.8 Å². The van der Waals surface area contributed by atoms with Crippen LogP contribution in [0, 0.1) is 0 Å². The first-order valence-electron chi connectivity index (χ1n) is 5.70. The zero-order valence-corrected chi connectivity index (χ0v) is 11.9. The zero-order chi connectivity index (χ0) is 11.8. The number of methoxy groups -OCH3 is 1. The molecular formula is C12H21NOS2. The van der Waals surface area contributed by atoms with Gasteiger partial charge in [-0.25, -0.2) is 0 Å². The van der Waals surface area contributed by atoms with Crippen molar-refractivity contribution in [3.8, 4) is 5.06 Å². The minimum absolute atomic E-state index is 0.590. The van der Waals surface area contributed by atoms with Gasteiger partial charge in [0, 0.05) is 17.5 Å². The SMILES string of the molecule is CCSCCC(C)NCc1ccc(OC)s1. The van der Waals surface area contributed by atoms with Crippen LogP contribution in [0.1, 0.15) is 25.1 Å². The molecule has 0 radical (unpaired) electrons. The van der Waals surface area contributed by atoms with Crippen LogP contribution >= 0.6 is 23.1 Å². The number of thiophene rings is 1. The van der Waals surface area contributed by atoms with Crippen molar-refractivity contribution in [2.24, 2.45) is 0 Å². The van der Waals surface area contributed by atoms with Crippen molar-refractivity contribution in [2.45, 2.75) is 32.9 Å². The number of hydrogen-bond acceptors (Lipinski definition) is 4. The molecular weight excluding hydrogens is 238 g/mol. The summed E-state index contributed by atoms with van der Waals surface area (Å²) in [7, 11) is 1.72. The summed E-state index contributed by atoms with van der Waals surface area (Å²) in [5.74, 6) is 2.47. The molecule has 0 bridgehead atoms. The van der Waals surface area contributed by atoms with Crippen molar-refractivity contribution in [1.29, 1.82) is 0 Å². The van der Waals surface area contributed by atoms with E-state index >= 15 is 0 Å². The molecule has 1 aromatic rings. The van der Waals surface area contributed by atoms with E-state index in [4.69, 9.17) is 4.74 Å². The Balaban J connectivity index is 2.18. The first-order chi connectivity index (χ1) is 7.76. The molecule has 0 aromatic carbocycles. The highest BCUT2D eigenvalue weighted by Gasteiger charge is 2.03. The number of nitrogens with one attached hydrogen (secondary N) is 1. The molecule has 0 aliphatic carbocycles. The van der Waals surface area contributed by atoms with E-state index in [1.807, 2.05) is 17.8 Å². The Kier molecular flexibility index (Phi) is 6.92. The molecule has 1 unspecified atom stereocenters. The lowest BCUT2D eigenvalue weighted by Gasteiger charge is -2.12. The van der Waals surface area contributed by atoms with E-state index in [-0.39, 0.29) is 0 Å². The fourth-order valence-electron chi connectivity index (χ4n) is 1.34. The normalized spacial score (nSPS) is 12.7. The van der Waals surface area contributed by atoms with Crippen LogP contribution in [0.3, 0.4) is 0 Å². The van der Waals surface area contributed by atoms with Crippen LogP contribution in [-0.2, 0) is 6.54 Å². The lowest BCUT2D eigenvalue weighted by molar-refractivity contribution is 0.427. The van der Waals surface area contributed by atoms with Crippen LogP contribution in [0.25, 0.3) is 0 Å². The predicted octanol–water partition coefficient (Wildman–Crippen LogP) is 3.38. The van der Waals surface area contributed by atoms with Crippen molar-refractivity contribution in [2.75, 3.05) is 18.6 Å². The van der Waals surface area contributed by atoms with Gasteiger partial charge in [0.2, 0.25) is 0 Å². The van der Waals surface area contributed by atoms with E-state index in [2.05, 4.69) is 25.2 Å². The van der Waals surface area contributed by atoms with Crippen LogP contribution in [0.5, 0.6) is 5.06 Å². The summed E-state index contributed by atoms with van der Waals surface area (Å²) in [4.78, 5) is 1.34. The van der Waals surface area contributed by atoms with Gasteiger partial charge in [0.1, 0.15) is 0 Å². The van der Waals surface area contributed by atoms with Gasteiger partial charge < -0.3 is 10.1 Å². The summed E-state index contributed by atoms with van der Waals surface area (Å²) < 4.78 is 5.17. The van der Waals surface area contributed by atoms with Crippen LogP contribution in [0.4, 0.5) is 0 Å². The zero-order valence-electron chi connectivity index (χ0n) is 10.3. The minimum atomic E-state index is 0.590. The van der Waals surface area contributed by atoms with E-state index in [0.717, 1.165) is 11.6 Å². The summed E-state index contributed by atoms with van der Waals surface area (Å²) in [6, 6.07) is 4.75. The van der Waals surface area contributed by atoms with Crippen LogP contribution in [0.15, 0.2) is 12.1 Å². The molecule has 16 heavy (non-hydrogen) atoms. The molecule has 1 heterocycles. The highest BCUT2D eigenvalue weighted by atomic mass is 32.2. The number of thioether (sulfide) groups is 1. The third-order valence-corrected chi connectivity index (χ3v) is 4.34. The highest BCUT2D eigenvalue weighted by molar-refractivity contribution is 7.99. The predicted molar refractivity (Wildman–Crippen MR) is 74.8 cm³/mol. The summed E-state index contributed by atoms with van der Waals surface area (Å²) in [6.07, 6.45) is 1.24. The van der Waals surface area contributed by atoms with Crippen molar-refractivity contribution in [3.63, 3.8) is 0 Å². The van der Waals surface area contributed by atoms with Crippen molar-refractivity contribution >= 4 is 23.1 Å². The molecule has 0 aliphatic heterocycles. The van der Waals surface area contributed by atoms with E-state index in [1.54, 1.807) is 18.4 Å². The molecule has 0 fully saturated rings. The molecule has 4 heteroatoms. The molecule has 0 amide bonds. The summed E-state index contributed by atoms with van der Waals surface area (Å²) in [5, 5.41) is 4.53. The summed E-state index contributed by atoms with van der Waals surface area (Å²) in [6.45, 7) is 5.41. The second-order valence-corrected chi connectivity index (χ2v) is 6.22. The highest BCUT2D eigenvalue weighted by Crippen LogP contribution is 2.23. The van der Waals surface area contributed by atoms with Crippen LogP contribution in [-0.4, -0.2) is 24.7 Å². The lowest BCUT2D eigenvalue weighted by Crippen LogP contribution is -2.25. The Labute approximate surface area is 107 Å². The van der Waals surface area contributed by atoms with Gasteiger partial charge in [-0.3, -0.25) is 0 Å². The average molecular weight is 259 g/mol. The summed E-state index contributed by atoms with van der Waals surface area (Å²) in [5.41, 5.74) is 0. The van der Waals surface area contributed by atoms with Crippen LogP contribution in [0.2, 0.25) is 0 Å². The van der Waals surface area contributed by atoms with Gasteiger partial charge in [-0.1, -0.05) is 6.92 Å². The van der Waals surface area contributed by atoms with E-state index < -0.39 is 0 Å². The second kappa shape index (κ2) is 7.98. The number of rotatable bonds is 8. The van der Waals surface area contributed by atoms with Crippen molar-refractivity contribution < 1.29 is 4.74 Å². The van der Waals surface area contributed by atoms with Crippen molar-refractivity contribution in [1.82, 2.24) is 5.32 Å². The Bertz CT molecular complexity index is 288. The van der Waals surface area contributed by atoms with Gasteiger partial charge >= 0.3 is 0 Å². The molecule has 2 nitrogen and oxygen atoms in total. The smallest absolute Gasteiger partial charge is 0.173 e. The third-order valence-electron chi connectivity index (χ3n) is 2.36. The van der Waals surface area contributed by atoms with Gasteiger partial charge in [-0.05, 0) is 37.0 Å². The number of hydrogen-bond donors (Lipinski definition) is 1. The fraction of sp³-hybridized carbons (Fsp3) is 0.667. The van der Waals surface area contributed by atoms with Crippen molar-refractivity contribution in [3.05, 3.63) is 17.0 Å². The minimum Gasteiger partial charge on any atom is -0.487 e. The van der Waals surface area contributed by atoms with Gasteiger partial charge in [0.25, 0.3) is 0 Å². The first-order valence-corrected chi connectivity index (χ1v) is 7.67. The maximum Gasteiger partial charge on any atom is 0.173 e. The topological polar surface area (TPSA) is 21.3 Å². The summed E-state index contributed by atoms with van der Waals surface area (Å²) >= 11 is 3.72. The molecule has 1 N–H and O–H groups in total. The molecule has 1 aromatic heterocycles. The Morgan fingerprint density at radius 2 is 2.31 bits per heavy atom. The first kappa shape index (κ1) is 13.9. The van der Waals surface area contributed by atoms with Gasteiger partial charge in [0.15, 0.2) is 5.06 Å². The lowest BCUT2D eigenvalue weighted by atomic mass is 10.2. The molecule has 0 aliphatic rings. The van der Waals surface area contributed by atoms with Gasteiger partial charge in [0.05, 0.1) is 7.11 Å². The maximum atomic E-state index is 5.17. The molecule has 92 valence electrons. The van der Waals surface area contributed by atoms with E-state index in [9.17, 15) is 0 Å². The molecule has 0 saturated carbocycles. The van der Waals surface area contributed by atoms with E-state index in [1.165, 1.54) is 22.8 Å². The number of ether oxygens (including phenoxy) is 1. The Morgan fingerprint density at radius 3 is 2.94 bits per heavy atom. The Hall–Kier alpha value is -0.190. The standard InChI is InChI=1S/C12H21NOS2/c1-4-15-8-7-10(2)13-9-11-5-6-12(14-3)16-11/h5-6,10,13H,4,7-9H2,1-3H3. The van der Waals surface area contributed by atoms with Gasteiger partial charge in [-0.15, -0.1) is 11.3 Å². The Morgan fingerprint density at radius 1 is 1.50 bits per heavy atom. The third kappa shape index (κ3) is 5.23. The van der Waals surface area contributed by atoms with E-state index in [0.29, 0.717) is 6.04 Å².